The SMILES string of the molecule is CNC(=O)c1ccn(-c2cc(C(F)(F)F)nc(Cl)n2)n1. The molecule has 2 heterocycles. The molecule has 0 aliphatic carbocycles. The monoisotopic (exact) mass is 305 g/mol. The summed E-state index contributed by atoms with van der Waals surface area (Å²) in [7, 11) is 1.41. The Bertz CT molecular complexity index is 655. The van der Waals surface area contributed by atoms with Gasteiger partial charge < -0.3 is 5.32 Å². The summed E-state index contributed by atoms with van der Waals surface area (Å²) >= 11 is 5.46. The van der Waals surface area contributed by atoms with Gasteiger partial charge in [-0.05, 0) is 17.7 Å². The van der Waals surface area contributed by atoms with Gasteiger partial charge in [-0.15, -0.1) is 0 Å². The summed E-state index contributed by atoms with van der Waals surface area (Å²) in [5, 5.41) is 5.58. The third-order valence-corrected chi connectivity index (χ3v) is 2.43. The number of alkyl halides is 3. The molecule has 0 radical (unpaired) electrons. The number of amides is 1. The van der Waals surface area contributed by atoms with Crippen molar-refractivity contribution in [2.45, 2.75) is 6.18 Å². The summed E-state index contributed by atoms with van der Waals surface area (Å²) in [6, 6.07) is 2.02. The quantitative estimate of drug-likeness (QED) is 0.857. The zero-order chi connectivity index (χ0) is 14.9. The van der Waals surface area contributed by atoms with E-state index in [0.717, 1.165) is 4.68 Å². The minimum atomic E-state index is -4.65. The zero-order valence-corrected chi connectivity index (χ0v) is 10.7. The minimum Gasteiger partial charge on any atom is -0.354 e. The summed E-state index contributed by atoms with van der Waals surface area (Å²) in [6.45, 7) is 0. The molecule has 2 aromatic rings. The molecule has 106 valence electrons. The van der Waals surface area contributed by atoms with Gasteiger partial charge in [0.15, 0.2) is 17.2 Å². The van der Waals surface area contributed by atoms with Gasteiger partial charge in [-0.1, -0.05) is 0 Å². The topological polar surface area (TPSA) is 72.7 Å². The number of nitrogens with one attached hydrogen (secondary N) is 1. The molecule has 10 heteroatoms. The molecular weight excluding hydrogens is 299 g/mol. The molecule has 0 aliphatic heterocycles. The third kappa shape index (κ3) is 2.87. The van der Waals surface area contributed by atoms with Crippen LogP contribution in [-0.2, 0) is 6.18 Å². The van der Waals surface area contributed by atoms with Crippen LogP contribution >= 0.6 is 11.6 Å². The van der Waals surface area contributed by atoms with E-state index in [2.05, 4.69) is 20.4 Å². The van der Waals surface area contributed by atoms with Crippen molar-refractivity contribution >= 4 is 17.5 Å². The van der Waals surface area contributed by atoms with Gasteiger partial charge in [-0.25, -0.2) is 9.67 Å². The largest absolute Gasteiger partial charge is 0.433 e. The molecular formula is C10H7ClF3N5O. The average molecular weight is 306 g/mol. The van der Waals surface area contributed by atoms with Gasteiger partial charge in [-0.2, -0.15) is 23.3 Å². The lowest BCUT2D eigenvalue weighted by atomic mass is 10.4. The lowest BCUT2D eigenvalue weighted by Gasteiger charge is -2.07. The lowest BCUT2D eigenvalue weighted by molar-refractivity contribution is -0.141. The fraction of sp³-hybridized carbons (Fsp3) is 0.200. The minimum absolute atomic E-state index is 0.0378. The zero-order valence-electron chi connectivity index (χ0n) is 9.94. The Morgan fingerprint density at radius 1 is 1.40 bits per heavy atom. The first-order chi connectivity index (χ1) is 9.31. The Morgan fingerprint density at radius 2 is 2.10 bits per heavy atom. The second-order valence-corrected chi connectivity index (χ2v) is 3.94. The highest BCUT2D eigenvalue weighted by Gasteiger charge is 2.33. The maximum absolute atomic E-state index is 12.6. The molecule has 0 spiro atoms. The number of hydrogen-bond acceptors (Lipinski definition) is 4. The Morgan fingerprint density at radius 3 is 2.70 bits per heavy atom. The first-order valence-electron chi connectivity index (χ1n) is 5.21. The van der Waals surface area contributed by atoms with Gasteiger partial charge in [0.05, 0.1) is 0 Å². The van der Waals surface area contributed by atoms with Crippen molar-refractivity contribution in [3.63, 3.8) is 0 Å². The van der Waals surface area contributed by atoms with Crippen molar-refractivity contribution in [1.29, 1.82) is 0 Å². The number of aromatic nitrogens is 4. The smallest absolute Gasteiger partial charge is 0.354 e. The fourth-order valence-corrected chi connectivity index (χ4v) is 1.55. The highest BCUT2D eigenvalue weighted by molar-refractivity contribution is 6.28. The molecule has 0 bridgehead atoms. The lowest BCUT2D eigenvalue weighted by Crippen LogP contribution is -2.18. The van der Waals surface area contributed by atoms with Gasteiger partial charge in [0.25, 0.3) is 5.91 Å². The number of carbonyl (C=O) groups is 1. The van der Waals surface area contributed by atoms with E-state index in [-0.39, 0.29) is 11.5 Å². The van der Waals surface area contributed by atoms with Crippen LogP contribution in [0.1, 0.15) is 16.2 Å². The Hall–Kier alpha value is -2.16. The molecule has 0 unspecified atom stereocenters. The van der Waals surface area contributed by atoms with Crippen LogP contribution in [0.2, 0.25) is 5.28 Å². The maximum atomic E-state index is 12.6. The molecule has 20 heavy (non-hydrogen) atoms. The van der Waals surface area contributed by atoms with Gasteiger partial charge >= 0.3 is 6.18 Å². The Kier molecular flexibility index (Phi) is 3.62. The first-order valence-corrected chi connectivity index (χ1v) is 5.59. The number of carbonyl (C=O) groups excluding carboxylic acids is 1. The van der Waals surface area contributed by atoms with Crippen LogP contribution in [0.3, 0.4) is 0 Å². The van der Waals surface area contributed by atoms with Crippen molar-refractivity contribution in [1.82, 2.24) is 25.1 Å². The number of hydrogen-bond donors (Lipinski definition) is 1. The van der Waals surface area contributed by atoms with Gasteiger partial charge in [0.1, 0.15) is 0 Å². The van der Waals surface area contributed by atoms with E-state index in [1.165, 1.54) is 19.3 Å². The molecule has 2 aromatic heterocycles. The van der Waals surface area contributed by atoms with E-state index in [9.17, 15) is 18.0 Å². The van der Waals surface area contributed by atoms with Gasteiger partial charge in [0.2, 0.25) is 5.28 Å². The molecule has 1 amide bonds. The number of halogens is 4. The van der Waals surface area contributed by atoms with E-state index in [4.69, 9.17) is 11.6 Å². The van der Waals surface area contributed by atoms with Crippen LogP contribution < -0.4 is 5.32 Å². The van der Waals surface area contributed by atoms with E-state index in [0.29, 0.717) is 6.07 Å². The van der Waals surface area contributed by atoms with Crippen LogP contribution in [0.25, 0.3) is 5.82 Å². The standard InChI is InChI=1S/C10H7ClF3N5O/c1-15-8(20)5-2-3-19(18-5)7-4-6(10(12,13)14)16-9(11)17-7/h2-4H,1H3,(H,15,20). The Labute approximate surface area is 115 Å². The van der Waals surface area contributed by atoms with E-state index >= 15 is 0 Å². The van der Waals surface area contributed by atoms with Crippen molar-refractivity contribution in [3.8, 4) is 5.82 Å². The second-order valence-electron chi connectivity index (χ2n) is 3.60. The maximum Gasteiger partial charge on any atom is 0.433 e. The third-order valence-electron chi connectivity index (χ3n) is 2.26. The molecule has 0 saturated heterocycles. The first kappa shape index (κ1) is 14.3. The molecule has 2 rings (SSSR count). The van der Waals surface area contributed by atoms with Crippen LogP contribution in [0.15, 0.2) is 18.3 Å². The number of nitrogens with zero attached hydrogens (tertiary/aromatic N) is 4. The van der Waals surface area contributed by atoms with E-state index < -0.39 is 23.1 Å². The molecule has 6 nitrogen and oxygen atoms in total. The van der Waals surface area contributed by atoms with Crippen LogP contribution in [0.5, 0.6) is 0 Å². The molecule has 1 N–H and O–H groups in total. The molecule has 0 aliphatic rings. The van der Waals surface area contributed by atoms with Crippen LogP contribution in [0.4, 0.5) is 13.2 Å². The van der Waals surface area contributed by atoms with E-state index in [1.807, 2.05) is 0 Å². The highest BCUT2D eigenvalue weighted by atomic mass is 35.5. The molecule has 0 saturated carbocycles. The predicted molar refractivity (Wildman–Crippen MR) is 62.6 cm³/mol. The fourth-order valence-electron chi connectivity index (χ4n) is 1.37. The predicted octanol–water partition coefficient (Wildman–Crippen LogP) is 1.69. The molecule has 0 fully saturated rings. The van der Waals surface area contributed by atoms with Crippen molar-refractivity contribution in [3.05, 3.63) is 35.0 Å². The van der Waals surface area contributed by atoms with Crippen LogP contribution in [0, 0.1) is 0 Å². The summed E-state index contributed by atoms with van der Waals surface area (Å²) in [5.74, 6) is -0.660. The van der Waals surface area contributed by atoms with Crippen molar-refractivity contribution in [2.75, 3.05) is 7.05 Å². The summed E-state index contributed by atoms with van der Waals surface area (Å²) < 4.78 is 38.8. The van der Waals surface area contributed by atoms with Gasteiger partial charge in [-0.3, -0.25) is 4.79 Å². The second kappa shape index (κ2) is 5.08. The summed E-state index contributed by atoms with van der Waals surface area (Å²) in [6.07, 6.45) is -3.36. The normalized spacial score (nSPS) is 11.4. The van der Waals surface area contributed by atoms with Crippen molar-refractivity contribution in [2.24, 2.45) is 0 Å². The summed E-state index contributed by atoms with van der Waals surface area (Å²) in [5.41, 5.74) is -1.15. The number of rotatable bonds is 2. The van der Waals surface area contributed by atoms with Crippen molar-refractivity contribution < 1.29 is 18.0 Å². The Balaban J connectivity index is 2.45. The molecule has 0 aromatic carbocycles. The highest BCUT2D eigenvalue weighted by Crippen LogP contribution is 2.29. The van der Waals surface area contributed by atoms with Crippen LogP contribution in [-0.4, -0.2) is 32.7 Å². The summed E-state index contributed by atoms with van der Waals surface area (Å²) in [4.78, 5) is 18.1. The molecule has 0 atom stereocenters. The van der Waals surface area contributed by atoms with E-state index in [1.54, 1.807) is 0 Å². The average Bonchev–Trinajstić information content (AvgIpc) is 2.85. The van der Waals surface area contributed by atoms with Gasteiger partial charge in [0, 0.05) is 19.3 Å².